The van der Waals surface area contributed by atoms with Crippen LogP contribution in [0.25, 0.3) is 10.2 Å². The average molecular weight is 468 g/mol. The van der Waals surface area contributed by atoms with Crippen LogP contribution >= 0.6 is 11.3 Å². The monoisotopic (exact) mass is 467 g/mol. The lowest BCUT2D eigenvalue weighted by molar-refractivity contribution is -0.116. The Kier molecular flexibility index (Phi) is 6.93. The number of aromatic nitrogens is 2. The number of rotatable bonds is 6. The fraction of sp³-hybridized carbons (Fsp3) is 0.440. The lowest BCUT2D eigenvalue weighted by atomic mass is 9.98. The van der Waals surface area contributed by atoms with Crippen molar-refractivity contribution in [3.05, 3.63) is 57.0 Å². The highest BCUT2D eigenvalue weighted by molar-refractivity contribution is 7.20. The molecule has 8 heteroatoms. The maximum absolute atomic E-state index is 13.1. The predicted octanol–water partition coefficient (Wildman–Crippen LogP) is 5.02. The molecule has 0 unspecified atom stereocenters. The first-order valence-electron chi connectivity index (χ1n) is 11.4. The summed E-state index contributed by atoms with van der Waals surface area (Å²) in [4.78, 5) is 43.6. The van der Waals surface area contributed by atoms with Crippen LogP contribution in [0.4, 0.5) is 5.69 Å². The number of fused-ring (bicyclic) bond motifs is 1. The van der Waals surface area contributed by atoms with Gasteiger partial charge in [0, 0.05) is 5.69 Å². The van der Waals surface area contributed by atoms with Crippen molar-refractivity contribution < 1.29 is 14.3 Å². The molecule has 0 bridgehead atoms. The Balaban J connectivity index is 1.50. The standard InChI is InChI=1S/C25H29N3O4S/c1-15(2)17-9-11-18(12-10-17)27-20(29)13-28-14-26-23-21(24(28)30)16(3)22(33-23)25(31)32-19-7-5-4-6-8-19/h9-12,14-15,19H,4-8,13H2,1-3H3,(H,27,29). The molecule has 0 aliphatic heterocycles. The normalized spacial score (nSPS) is 14.5. The van der Waals surface area contributed by atoms with E-state index in [1.54, 1.807) is 6.92 Å². The van der Waals surface area contributed by atoms with E-state index in [2.05, 4.69) is 24.1 Å². The van der Waals surface area contributed by atoms with Gasteiger partial charge >= 0.3 is 5.97 Å². The number of hydrogen-bond acceptors (Lipinski definition) is 6. The SMILES string of the molecule is Cc1c(C(=O)OC2CCCCC2)sc2ncn(CC(=O)Nc3ccc(C(C)C)cc3)c(=O)c12. The van der Waals surface area contributed by atoms with E-state index in [0.29, 0.717) is 32.3 Å². The van der Waals surface area contributed by atoms with Crippen LogP contribution in [0.15, 0.2) is 35.4 Å². The van der Waals surface area contributed by atoms with Crippen LogP contribution in [0.3, 0.4) is 0 Å². The maximum Gasteiger partial charge on any atom is 0.348 e. The van der Waals surface area contributed by atoms with E-state index >= 15 is 0 Å². The van der Waals surface area contributed by atoms with E-state index in [9.17, 15) is 14.4 Å². The van der Waals surface area contributed by atoms with E-state index in [1.807, 2.05) is 24.3 Å². The van der Waals surface area contributed by atoms with Gasteiger partial charge in [-0.2, -0.15) is 0 Å². The summed E-state index contributed by atoms with van der Waals surface area (Å²) in [6.45, 7) is 5.79. The van der Waals surface area contributed by atoms with E-state index in [1.165, 1.54) is 34.2 Å². The van der Waals surface area contributed by atoms with Gasteiger partial charge in [0.15, 0.2) is 0 Å². The Morgan fingerprint density at radius 3 is 2.55 bits per heavy atom. The lowest BCUT2D eigenvalue weighted by Crippen LogP contribution is -2.28. The van der Waals surface area contributed by atoms with Gasteiger partial charge in [0.2, 0.25) is 5.91 Å². The highest BCUT2D eigenvalue weighted by atomic mass is 32.1. The second kappa shape index (κ2) is 9.87. The molecule has 1 aliphatic rings. The molecule has 7 nitrogen and oxygen atoms in total. The number of amides is 1. The first-order valence-corrected chi connectivity index (χ1v) is 12.2. The number of esters is 1. The Morgan fingerprint density at radius 1 is 1.18 bits per heavy atom. The van der Waals surface area contributed by atoms with Crippen LogP contribution in [0.5, 0.6) is 0 Å². The summed E-state index contributed by atoms with van der Waals surface area (Å²) in [6, 6.07) is 7.65. The number of carbonyl (C=O) groups excluding carboxylic acids is 2. The van der Waals surface area contributed by atoms with Gasteiger partial charge in [-0.25, -0.2) is 9.78 Å². The molecule has 1 amide bonds. The van der Waals surface area contributed by atoms with E-state index in [4.69, 9.17) is 4.74 Å². The Labute approximate surface area is 196 Å². The lowest BCUT2D eigenvalue weighted by Gasteiger charge is -2.21. The van der Waals surface area contributed by atoms with Crippen molar-refractivity contribution in [1.82, 2.24) is 9.55 Å². The molecule has 1 fully saturated rings. The maximum atomic E-state index is 13.1. The van der Waals surface area contributed by atoms with E-state index in [-0.39, 0.29) is 24.1 Å². The van der Waals surface area contributed by atoms with Crippen LogP contribution in [-0.4, -0.2) is 27.5 Å². The number of nitrogens with one attached hydrogen (secondary N) is 1. The molecule has 2 aromatic heterocycles. The number of benzene rings is 1. The summed E-state index contributed by atoms with van der Waals surface area (Å²) in [5.41, 5.74) is 2.08. The van der Waals surface area contributed by atoms with Crippen molar-refractivity contribution in [1.29, 1.82) is 0 Å². The van der Waals surface area contributed by atoms with Crippen LogP contribution in [-0.2, 0) is 16.1 Å². The Bertz CT molecular complexity index is 1220. The number of anilines is 1. The van der Waals surface area contributed by atoms with Gasteiger partial charge in [0.25, 0.3) is 5.56 Å². The first-order chi connectivity index (χ1) is 15.8. The third kappa shape index (κ3) is 5.16. The molecule has 174 valence electrons. The quantitative estimate of drug-likeness (QED) is 0.514. The molecule has 0 spiro atoms. The average Bonchev–Trinajstić information content (AvgIpc) is 3.14. The fourth-order valence-corrected chi connectivity index (χ4v) is 5.18. The molecule has 4 rings (SSSR count). The number of nitrogens with zero attached hydrogens (tertiary/aromatic N) is 2. The number of carbonyl (C=O) groups is 2. The molecule has 33 heavy (non-hydrogen) atoms. The second-order valence-corrected chi connectivity index (χ2v) is 9.90. The smallest absolute Gasteiger partial charge is 0.348 e. The third-order valence-electron chi connectivity index (χ3n) is 6.10. The Hall–Kier alpha value is -3.00. The zero-order valence-electron chi connectivity index (χ0n) is 19.2. The topological polar surface area (TPSA) is 90.3 Å². The molecule has 2 heterocycles. The zero-order chi connectivity index (χ0) is 23.5. The molecule has 3 aromatic rings. The molecule has 1 saturated carbocycles. The van der Waals surface area contributed by atoms with Gasteiger partial charge in [-0.15, -0.1) is 11.3 Å². The van der Waals surface area contributed by atoms with Gasteiger partial charge in [-0.05, 0) is 61.8 Å². The summed E-state index contributed by atoms with van der Waals surface area (Å²) < 4.78 is 6.96. The van der Waals surface area contributed by atoms with Crippen LogP contribution in [0, 0.1) is 6.92 Å². The van der Waals surface area contributed by atoms with E-state index < -0.39 is 5.97 Å². The highest BCUT2D eigenvalue weighted by Gasteiger charge is 2.24. The number of hydrogen-bond donors (Lipinski definition) is 1. The summed E-state index contributed by atoms with van der Waals surface area (Å²) in [5, 5.41) is 3.19. The fourth-order valence-electron chi connectivity index (χ4n) is 4.16. The summed E-state index contributed by atoms with van der Waals surface area (Å²) >= 11 is 1.17. The van der Waals surface area contributed by atoms with Gasteiger partial charge in [0.1, 0.15) is 22.4 Å². The minimum atomic E-state index is -0.393. The minimum Gasteiger partial charge on any atom is -0.458 e. The third-order valence-corrected chi connectivity index (χ3v) is 7.28. The zero-order valence-corrected chi connectivity index (χ0v) is 20.0. The second-order valence-electron chi connectivity index (χ2n) is 8.90. The molecular weight excluding hydrogens is 438 g/mol. The number of thiophene rings is 1. The molecule has 0 saturated heterocycles. The summed E-state index contributed by atoms with van der Waals surface area (Å²) in [5.74, 6) is -0.305. The van der Waals surface area contributed by atoms with Crippen LogP contribution < -0.4 is 10.9 Å². The minimum absolute atomic E-state index is 0.0567. The molecule has 1 N–H and O–H groups in total. The molecule has 0 atom stereocenters. The predicted molar refractivity (Wildman–Crippen MR) is 130 cm³/mol. The van der Waals surface area contributed by atoms with Gasteiger partial charge in [0.05, 0.1) is 11.7 Å². The van der Waals surface area contributed by atoms with Crippen molar-refractivity contribution in [2.45, 2.75) is 71.4 Å². The van der Waals surface area contributed by atoms with Gasteiger partial charge in [-0.3, -0.25) is 14.2 Å². The molecule has 0 radical (unpaired) electrons. The number of aryl methyl sites for hydroxylation is 1. The highest BCUT2D eigenvalue weighted by Crippen LogP contribution is 2.29. The molecule has 1 aromatic carbocycles. The summed E-state index contributed by atoms with van der Waals surface area (Å²) in [6.07, 6.45) is 6.39. The van der Waals surface area contributed by atoms with Crippen LogP contribution in [0.2, 0.25) is 0 Å². The van der Waals surface area contributed by atoms with Gasteiger partial charge in [-0.1, -0.05) is 32.4 Å². The van der Waals surface area contributed by atoms with Crippen molar-refractivity contribution in [3.63, 3.8) is 0 Å². The van der Waals surface area contributed by atoms with Crippen molar-refractivity contribution >= 4 is 39.1 Å². The first kappa shape index (κ1) is 23.2. The number of ether oxygens (including phenoxy) is 1. The van der Waals surface area contributed by atoms with Crippen molar-refractivity contribution in [2.24, 2.45) is 0 Å². The van der Waals surface area contributed by atoms with Crippen molar-refractivity contribution in [3.8, 4) is 0 Å². The summed E-state index contributed by atoms with van der Waals surface area (Å²) in [7, 11) is 0. The van der Waals surface area contributed by atoms with Gasteiger partial charge < -0.3 is 10.1 Å². The molecule has 1 aliphatic carbocycles. The Morgan fingerprint density at radius 2 is 1.88 bits per heavy atom. The van der Waals surface area contributed by atoms with E-state index in [0.717, 1.165) is 25.7 Å². The largest absolute Gasteiger partial charge is 0.458 e. The van der Waals surface area contributed by atoms with Crippen LogP contribution in [0.1, 0.15) is 72.7 Å². The van der Waals surface area contributed by atoms with Crippen molar-refractivity contribution in [2.75, 3.05) is 5.32 Å². The molecular formula is C25H29N3O4S.